The van der Waals surface area contributed by atoms with Crippen LogP contribution in [0.25, 0.3) is 0 Å². The van der Waals surface area contributed by atoms with Crippen LogP contribution >= 0.6 is 11.3 Å². The van der Waals surface area contributed by atoms with Gasteiger partial charge in [0.1, 0.15) is 11.6 Å². The highest BCUT2D eigenvalue weighted by Crippen LogP contribution is 2.17. The zero-order valence-electron chi connectivity index (χ0n) is 16.6. The first-order valence-electron chi connectivity index (χ1n) is 10.2. The van der Waals surface area contributed by atoms with Crippen molar-refractivity contribution in [3.63, 3.8) is 0 Å². The van der Waals surface area contributed by atoms with Gasteiger partial charge < -0.3 is 14.3 Å². The fraction of sp³-hybridized carbons (Fsp3) is 0.450. The molecule has 0 radical (unpaired) electrons. The molecule has 0 saturated carbocycles. The predicted octanol–water partition coefficient (Wildman–Crippen LogP) is 2.60. The Kier molecular flexibility index (Phi) is 6.53. The molecule has 0 atom stereocenters. The van der Waals surface area contributed by atoms with Crippen molar-refractivity contribution >= 4 is 28.3 Å². The molecule has 3 aromatic rings. The lowest BCUT2D eigenvalue weighted by Gasteiger charge is -2.07. The first kappa shape index (κ1) is 20.3. The number of thiazole rings is 1. The van der Waals surface area contributed by atoms with E-state index in [4.69, 9.17) is 4.42 Å². The average molecular weight is 429 g/mol. The van der Waals surface area contributed by atoms with Gasteiger partial charge in [0.2, 0.25) is 5.91 Å². The zero-order chi connectivity index (χ0) is 20.8. The van der Waals surface area contributed by atoms with Crippen LogP contribution in [0, 0.1) is 0 Å². The highest BCUT2D eigenvalue weighted by molar-refractivity contribution is 7.14. The molecule has 4 rings (SSSR count). The number of nitrogens with one attached hydrogen (secondary N) is 2. The molecule has 1 aliphatic heterocycles. The number of rotatable bonds is 8. The zero-order valence-corrected chi connectivity index (χ0v) is 17.4. The normalized spacial score (nSPS) is 13.5. The number of hydrogen-bond acceptors (Lipinski definition) is 7. The summed E-state index contributed by atoms with van der Waals surface area (Å²) in [6, 6.07) is 3.22. The Morgan fingerprint density at radius 1 is 1.23 bits per heavy atom. The van der Waals surface area contributed by atoms with Crippen LogP contribution < -0.4 is 10.6 Å². The van der Waals surface area contributed by atoms with Crippen LogP contribution in [0.5, 0.6) is 0 Å². The quantitative estimate of drug-likeness (QED) is 0.533. The Bertz CT molecular complexity index is 994. The molecule has 0 bridgehead atoms. The van der Waals surface area contributed by atoms with Crippen LogP contribution in [0.1, 0.15) is 53.6 Å². The van der Waals surface area contributed by atoms with E-state index < -0.39 is 0 Å². The van der Waals surface area contributed by atoms with Gasteiger partial charge in [-0.2, -0.15) is 0 Å². The molecule has 2 amide bonds. The van der Waals surface area contributed by atoms with Crippen LogP contribution in [0.3, 0.4) is 0 Å². The number of carbonyl (C=O) groups excluding carboxylic acids is 2. The lowest BCUT2D eigenvalue weighted by atomic mass is 10.2. The van der Waals surface area contributed by atoms with Gasteiger partial charge in [-0.25, -0.2) is 4.98 Å². The molecule has 10 heteroatoms. The fourth-order valence-electron chi connectivity index (χ4n) is 3.44. The molecule has 0 spiro atoms. The van der Waals surface area contributed by atoms with E-state index in [9.17, 15) is 9.59 Å². The Morgan fingerprint density at radius 2 is 2.17 bits per heavy atom. The second-order valence-corrected chi connectivity index (χ2v) is 8.06. The van der Waals surface area contributed by atoms with Gasteiger partial charge in [0.05, 0.1) is 18.4 Å². The van der Waals surface area contributed by atoms with Crippen molar-refractivity contribution < 1.29 is 14.0 Å². The summed E-state index contributed by atoms with van der Waals surface area (Å²) >= 11 is 1.28. The molecule has 2 N–H and O–H groups in total. The van der Waals surface area contributed by atoms with E-state index in [1.807, 2.05) is 0 Å². The third-order valence-corrected chi connectivity index (χ3v) is 5.75. The maximum absolute atomic E-state index is 12.2. The number of aromatic nitrogens is 4. The molecule has 30 heavy (non-hydrogen) atoms. The topological polar surface area (TPSA) is 115 Å². The largest absolute Gasteiger partial charge is 0.459 e. The van der Waals surface area contributed by atoms with Crippen molar-refractivity contribution in [2.45, 2.75) is 51.5 Å². The number of carbonyl (C=O) groups is 2. The third-order valence-electron chi connectivity index (χ3n) is 4.94. The highest BCUT2D eigenvalue weighted by atomic mass is 32.1. The lowest BCUT2D eigenvalue weighted by molar-refractivity contribution is -0.120. The summed E-state index contributed by atoms with van der Waals surface area (Å²) in [5, 5.41) is 16.4. The monoisotopic (exact) mass is 428 g/mol. The van der Waals surface area contributed by atoms with E-state index in [-0.39, 0.29) is 24.0 Å². The molecule has 3 aromatic heterocycles. The molecule has 4 heterocycles. The second-order valence-electron chi connectivity index (χ2n) is 7.20. The third kappa shape index (κ3) is 5.12. The molecule has 0 saturated heterocycles. The van der Waals surface area contributed by atoms with Crippen LogP contribution in [0.15, 0.2) is 28.2 Å². The Labute approximate surface area is 177 Å². The molecule has 1 aliphatic rings. The number of nitrogens with zero attached hydrogens (tertiary/aromatic N) is 4. The first-order valence-corrected chi connectivity index (χ1v) is 11.0. The van der Waals surface area contributed by atoms with Crippen LogP contribution in [-0.2, 0) is 30.6 Å². The van der Waals surface area contributed by atoms with Gasteiger partial charge in [0.25, 0.3) is 5.91 Å². The average Bonchev–Trinajstić information content (AvgIpc) is 3.45. The van der Waals surface area contributed by atoms with Crippen molar-refractivity contribution in [2.75, 3.05) is 11.9 Å². The van der Waals surface area contributed by atoms with Crippen molar-refractivity contribution in [1.82, 2.24) is 25.1 Å². The second kappa shape index (κ2) is 9.66. The van der Waals surface area contributed by atoms with E-state index in [2.05, 4.69) is 30.4 Å². The minimum absolute atomic E-state index is 0.0933. The van der Waals surface area contributed by atoms with Crippen molar-refractivity contribution in [3.8, 4) is 0 Å². The molecule has 9 nitrogen and oxygen atoms in total. The van der Waals surface area contributed by atoms with Gasteiger partial charge in [0.15, 0.2) is 10.9 Å². The minimum atomic E-state index is -0.364. The van der Waals surface area contributed by atoms with E-state index in [0.29, 0.717) is 17.4 Å². The van der Waals surface area contributed by atoms with Gasteiger partial charge in [0, 0.05) is 31.3 Å². The molecule has 158 valence electrons. The highest BCUT2D eigenvalue weighted by Gasteiger charge is 2.15. The minimum Gasteiger partial charge on any atom is -0.459 e. The molecule has 0 fully saturated rings. The number of hydrogen-bond donors (Lipinski definition) is 2. The number of fused-ring (bicyclic) bond motifs is 1. The Morgan fingerprint density at radius 3 is 3.03 bits per heavy atom. The number of furan rings is 1. The van der Waals surface area contributed by atoms with Gasteiger partial charge >= 0.3 is 0 Å². The predicted molar refractivity (Wildman–Crippen MR) is 111 cm³/mol. The van der Waals surface area contributed by atoms with Crippen molar-refractivity contribution in [3.05, 3.63) is 46.9 Å². The van der Waals surface area contributed by atoms with Crippen molar-refractivity contribution in [1.29, 1.82) is 0 Å². The SMILES string of the molecule is O=C(Cc1csc(NC(=O)c2ccco2)n1)NCCCc1nnc2n1CCCCC2. The van der Waals surface area contributed by atoms with E-state index in [1.165, 1.54) is 36.9 Å². The van der Waals surface area contributed by atoms with Gasteiger partial charge in [-0.05, 0) is 31.4 Å². The Balaban J connectivity index is 1.19. The van der Waals surface area contributed by atoms with E-state index in [1.54, 1.807) is 17.5 Å². The lowest BCUT2D eigenvalue weighted by Crippen LogP contribution is -2.26. The smallest absolute Gasteiger partial charge is 0.293 e. The van der Waals surface area contributed by atoms with Crippen molar-refractivity contribution in [2.24, 2.45) is 0 Å². The Hall–Kier alpha value is -3.01. The maximum atomic E-state index is 12.2. The summed E-state index contributed by atoms with van der Waals surface area (Å²) in [6.07, 6.45) is 7.81. The molecule has 0 unspecified atom stereocenters. The summed E-state index contributed by atoms with van der Waals surface area (Å²) in [4.78, 5) is 28.4. The summed E-state index contributed by atoms with van der Waals surface area (Å²) in [5.74, 6) is 1.86. The summed E-state index contributed by atoms with van der Waals surface area (Å²) in [5.41, 5.74) is 0.620. The summed E-state index contributed by atoms with van der Waals surface area (Å²) < 4.78 is 7.29. The van der Waals surface area contributed by atoms with Gasteiger partial charge in [-0.3, -0.25) is 14.9 Å². The van der Waals surface area contributed by atoms with Crippen LogP contribution in [-0.4, -0.2) is 38.1 Å². The molecule has 0 aliphatic carbocycles. The molecular formula is C20H24N6O3S. The standard InChI is InChI=1S/C20H24N6O3S/c27-18(12-14-13-30-20(22-14)23-19(28)15-6-5-11-29-15)21-9-4-8-17-25-24-16-7-2-1-3-10-26(16)17/h5-6,11,13H,1-4,7-10,12H2,(H,21,27)(H,22,23,28). The van der Waals surface area contributed by atoms with E-state index in [0.717, 1.165) is 37.5 Å². The number of amides is 2. The van der Waals surface area contributed by atoms with Gasteiger partial charge in [-0.1, -0.05) is 6.42 Å². The summed E-state index contributed by atoms with van der Waals surface area (Å²) in [7, 11) is 0. The number of anilines is 1. The summed E-state index contributed by atoms with van der Waals surface area (Å²) in [6.45, 7) is 1.57. The fourth-order valence-corrected chi connectivity index (χ4v) is 4.15. The van der Waals surface area contributed by atoms with Crippen LogP contribution in [0.2, 0.25) is 0 Å². The van der Waals surface area contributed by atoms with Gasteiger partial charge in [-0.15, -0.1) is 21.5 Å². The molecular weight excluding hydrogens is 404 g/mol. The number of aryl methyl sites for hydroxylation is 2. The molecule has 0 aromatic carbocycles. The van der Waals surface area contributed by atoms with Crippen LogP contribution in [0.4, 0.5) is 5.13 Å². The first-order chi connectivity index (χ1) is 14.7. The van der Waals surface area contributed by atoms with E-state index >= 15 is 0 Å². The maximum Gasteiger partial charge on any atom is 0.293 e.